The fraction of sp³-hybridized carbons (Fsp3) is 0. The maximum absolute atomic E-state index is 10.6. The fourth-order valence-corrected chi connectivity index (χ4v) is 2.74. The van der Waals surface area contributed by atoms with Crippen LogP contribution in [0, 0.1) is 11.3 Å². The monoisotopic (exact) mass is 353 g/mol. The number of hydrogen-bond acceptors (Lipinski definition) is 4. The molecule has 0 atom stereocenters. The molecule has 130 valence electrons. The summed E-state index contributed by atoms with van der Waals surface area (Å²) in [6, 6.07) is 25.8. The Hall–Kier alpha value is -4.04. The van der Waals surface area contributed by atoms with Gasteiger partial charge < -0.3 is 14.8 Å². The Morgan fingerprint density at radius 1 is 0.889 bits per heavy atom. The lowest BCUT2D eigenvalue weighted by atomic mass is 10.1. The minimum absolute atomic E-state index is 0.0860. The molecule has 0 aliphatic rings. The SMILES string of the molecule is N#CC(=C(O)c1ccc(Oc2ccccc2)cc1)c1nc2ccccc2[nH]1. The zero-order chi connectivity index (χ0) is 18.6. The molecule has 1 heterocycles. The smallest absolute Gasteiger partial charge is 0.153 e. The Morgan fingerprint density at radius 2 is 1.56 bits per heavy atom. The van der Waals surface area contributed by atoms with Crippen LogP contribution < -0.4 is 4.74 Å². The van der Waals surface area contributed by atoms with Crippen molar-refractivity contribution in [3.63, 3.8) is 0 Å². The molecular formula is C22H15N3O2. The quantitative estimate of drug-likeness (QED) is 0.385. The number of hydrogen-bond donors (Lipinski definition) is 2. The molecule has 27 heavy (non-hydrogen) atoms. The molecule has 0 spiro atoms. The molecule has 5 heteroatoms. The number of H-pyrrole nitrogens is 1. The Bertz CT molecular complexity index is 1120. The van der Waals surface area contributed by atoms with Crippen LogP contribution >= 0.6 is 0 Å². The van der Waals surface area contributed by atoms with Gasteiger partial charge in [0.15, 0.2) is 5.82 Å². The van der Waals surface area contributed by atoms with E-state index in [-0.39, 0.29) is 11.3 Å². The summed E-state index contributed by atoms with van der Waals surface area (Å²) in [5.41, 5.74) is 2.13. The molecule has 4 aromatic rings. The molecule has 0 aliphatic heterocycles. The standard InChI is InChI=1S/C22H15N3O2/c23-14-18(22-24-19-8-4-5-9-20(19)25-22)21(26)15-10-12-17(13-11-15)27-16-6-2-1-3-7-16/h1-13,26H,(H,24,25). The molecule has 0 fully saturated rings. The van der Waals surface area contributed by atoms with Gasteiger partial charge in [-0.1, -0.05) is 30.3 Å². The summed E-state index contributed by atoms with van der Waals surface area (Å²) >= 11 is 0. The average Bonchev–Trinajstić information content (AvgIpc) is 3.13. The number of nitrogens with one attached hydrogen (secondary N) is 1. The fourth-order valence-electron chi connectivity index (χ4n) is 2.74. The van der Waals surface area contributed by atoms with Crippen LogP contribution in [-0.4, -0.2) is 15.1 Å². The highest BCUT2D eigenvalue weighted by molar-refractivity contribution is 5.94. The van der Waals surface area contributed by atoms with Crippen LogP contribution in [-0.2, 0) is 0 Å². The van der Waals surface area contributed by atoms with E-state index in [0.717, 1.165) is 16.8 Å². The molecule has 0 saturated carbocycles. The second-order valence-electron chi connectivity index (χ2n) is 5.88. The number of allylic oxidation sites excluding steroid dienone is 1. The number of nitrogens with zero attached hydrogens (tertiary/aromatic N) is 2. The van der Waals surface area contributed by atoms with E-state index in [1.54, 1.807) is 24.3 Å². The van der Waals surface area contributed by atoms with E-state index in [0.29, 0.717) is 17.1 Å². The van der Waals surface area contributed by atoms with Crippen molar-refractivity contribution in [2.24, 2.45) is 0 Å². The number of imidazole rings is 1. The highest BCUT2D eigenvalue weighted by Crippen LogP contribution is 2.27. The number of rotatable bonds is 4. The third-order valence-electron chi connectivity index (χ3n) is 4.08. The van der Waals surface area contributed by atoms with Crippen LogP contribution in [0.15, 0.2) is 78.9 Å². The Kier molecular flexibility index (Phi) is 4.30. The van der Waals surface area contributed by atoms with Gasteiger partial charge in [0.05, 0.1) is 11.0 Å². The third-order valence-corrected chi connectivity index (χ3v) is 4.08. The molecular weight excluding hydrogens is 338 g/mol. The maximum Gasteiger partial charge on any atom is 0.153 e. The predicted molar refractivity (Wildman–Crippen MR) is 104 cm³/mol. The lowest BCUT2D eigenvalue weighted by Gasteiger charge is -2.07. The third kappa shape index (κ3) is 3.37. The summed E-state index contributed by atoms with van der Waals surface area (Å²) in [7, 11) is 0. The van der Waals surface area contributed by atoms with Gasteiger partial charge in [0.2, 0.25) is 0 Å². The van der Waals surface area contributed by atoms with E-state index >= 15 is 0 Å². The van der Waals surface area contributed by atoms with Gasteiger partial charge in [0.1, 0.15) is 28.9 Å². The minimum Gasteiger partial charge on any atom is -0.506 e. The molecule has 4 rings (SSSR count). The molecule has 2 N–H and O–H groups in total. The number of aromatic amines is 1. The van der Waals surface area contributed by atoms with Crippen LogP contribution in [0.4, 0.5) is 0 Å². The van der Waals surface area contributed by atoms with Crippen molar-refractivity contribution in [1.29, 1.82) is 5.26 Å². The number of aliphatic hydroxyl groups is 1. The molecule has 3 aromatic carbocycles. The number of aromatic nitrogens is 2. The first-order valence-corrected chi connectivity index (χ1v) is 8.36. The molecule has 0 amide bonds. The Labute approximate surface area is 155 Å². The van der Waals surface area contributed by atoms with Gasteiger partial charge >= 0.3 is 0 Å². The minimum atomic E-state index is -0.136. The molecule has 5 nitrogen and oxygen atoms in total. The zero-order valence-corrected chi connectivity index (χ0v) is 14.3. The summed E-state index contributed by atoms with van der Waals surface area (Å²) < 4.78 is 5.74. The normalized spacial score (nSPS) is 11.7. The highest BCUT2D eigenvalue weighted by atomic mass is 16.5. The van der Waals surface area contributed by atoms with Gasteiger partial charge in [-0.3, -0.25) is 0 Å². The van der Waals surface area contributed by atoms with Gasteiger partial charge in [0.25, 0.3) is 0 Å². The highest BCUT2D eigenvalue weighted by Gasteiger charge is 2.14. The topological polar surface area (TPSA) is 81.9 Å². The average molecular weight is 353 g/mol. The Morgan fingerprint density at radius 3 is 2.26 bits per heavy atom. The van der Waals surface area contributed by atoms with Gasteiger partial charge in [-0.15, -0.1) is 0 Å². The number of fused-ring (bicyclic) bond motifs is 1. The first-order valence-electron chi connectivity index (χ1n) is 8.36. The van der Waals surface area contributed by atoms with Crippen molar-refractivity contribution < 1.29 is 9.84 Å². The van der Waals surface area contributed by atoms with Crippen LogP contribution in [0.25, 0.3) is 22.4 Å². The Balaban J connectivity index is 1.65. The van der Waals surface area contributed by atoms with E-state index in [4.69, 9.17) is 4.74 Å². The van der Waals surface area contributed by atoms with Crippen molar-refractivity contribution in [1.82, 2.24) is 9.97 Å². The maximum atomic E-state index is 10.6. The lowest BCUT2D eigenvalue weighted by molar-refractivity contribution is 0.482. The van der Waals surface area contributed by atoms with E-state index in [9.17, 15) is 10.4 Å². The van der Waals surface area contributed by atoms with Gasteiger partial charge in [-0.25, -0.2) is 4.98 Å². The number of ether oxygens (including phenoxy) is 1. The number of para-hydroxylation sites is 3. The van der Waals surface area contributed by atoms with E-state index in [1.807, 2.05) is 60.7 Å². The first kappa shape index (κ1) is 16.4. The number of aliphatic hydroxyl groups excluding tert-OH is 1. The number of nitriles is 1. The second kappa shape index (κ2) is 7.06. The van der Waals surface area contributed by atoms with Gasteiger partial charge in [-0.05, 0) is 48.5 Å². The summed E-state index contributed by atoms with van der Waals surface area (Å²) in [5, 5.41) is 20.1. The molecule has 0 bridgehead atoms. The van der Waals surface area contributed by atoms with Crippen molar-refractivity contribution in [3.8, 4) is 17.6 Å². The molecule has 0 unspecified atom stereocenters. The van der Waals surface area contributed by atoms with Gasteiger partial charge in [-0.2, -0.15) is 5.26 Å². The van der Waals surface area contributed by atoms with Crippen molar-refractivity contribution in [3.05, 3.63) is 90.3 Å². The van der Waals surface area contributed by atoms with Crippen LogP contribution in [0.3, 0.4) is 0 Å². The molecule has 0 radical (unpaired) electrons. The zero-order valence-electron chi connectivity index (χ0n) is 14.3. The summed E-state index contributed by atoms with van der Waals surface area (Å²) in [4.78, 5) is 7.45. The number of benzene rings is 3. The van der Waals surface area contributed by atoms with E-state index in [1.165, 1.54) is 0 Å². The van der Waals surface area contributed by atoms with Crippen LogP contribution in [0.5, 0.6) is 11.5 Å². The van der Waals surface area contributed by atoms with Crippen LogP contribution in [0.1, 0.15) is 11.4 Å². The largest absolute Gasteiger partial charge is 0.506 e. The molecule has 0 aliphatic carbocycles. The van der Waals surface area contributed by atoms with Crippen molar-refractivity contribution >= 4 is 22.4 Å². The lowest BCUT2D eigenvalue weighted by Crippen LogP contribution is -1.93. The molecule has 1 aromatic heterocycles. The van der Waals surface area contributed by atoms with E-state index < -0.39 is 0 Å². The van der Waals surface area contributed by atoms with Crippen molar-refractivity contribution in [2.45, 2.75) is 0 Å². The first-order chi connectivity index (χ1) is 13.2. The van der Waals surface area contributed by atoms with Gasteiger partial charge in [0, 0.05) is 5.56 Å². The van der Waals surface area contributed by atoms with Crippen molar-refractivity contribution in [2.75, 3.05) is 0 Å². The predicted octanol–water partition coefficient (Wildman–Crippen LogP) is 5.31. The van der Waals surface area contributed by atoms with Crippen LogP contribution in [0.2, 0.25) is 0 Å². The second-order valence-corrected chi connectivity index (χ2v) is 5.88. The molecule has 0 saturated heterocycles. The summed E-state index contributed by atoms with van der Waals surface area (Å²) in [5.74, 6) is 1.56. The summed E-state index contributed by atoms with van der Waals surface area (Å²) in [6.45, 7) is 0. The summed E-state index contributed by atoms with van der Waals surface area (Å²) in [6.07, 6.45) is 0. The van der Waals surface area contributed by atoms with E-state index in [2.05, 4.69) is 9.97 Å².